The van der Waals surface area contributed by atoms with Gasteiger partial charge in [-0.1, -0.05) is 36.2 Å². The summed E-state index contributed by atoms with van der Waals surface area (Å²) in [5.74, 6) is 0.832. The fourth-order valence-corrected chi connectivity index (χ4v) is 3.40. The summed E-state index contributed by atoms with van der Waals surface area (Å²) in [6, 6.07) is 5.08. The maximum absolute atomic E-state index is 11.9. The summed E-state index contributed by atoms with van der Waals surface area (Å²) in [6.07, 6.45) is -0.819. The molecule has 1 aromatic carbocycles. The summed E-state index contributed by atoms with van der Waals surface area (Å²) in [5, 5.41) is 14.1. The molecule has 1 fully saturated rings. The Morgan fingerprint density at radius 2 is 2.18 bits per heavy atom. The molecule has 1 heterocycles. The molecular formula is C19H27Cl2N3O4. The summed E-state index contributed by atoms with van der Waals surface area (Å²) >= 11 is 12.0. The predicted octanol–water partition coefficient (Wildman–Crippen LogP) is 2.44. The van der Waals surface area contributed by atoms with Gasteiger partial charge in [0.15, 0.2) is 5.96 Å². The second-order valence-electron chi connectivity index (χ2n) is 6.72. The number of ether oxygens (including phenoxy) is 2. The van der Waals surface area contributed by atoms with Crippen molar-refractivity contribution in [2.24, 2.45) is 16.8 Å². The monoisotopic (exact) mass is 431 g/mol. The molecule has 7 nitrogen and oxygen atoms in total. The first-order valence-electron chi connectivity index (χ1n) is 9.23. The van der Waals surface area contributed by atoms with Crippen molar-refractivity contribution >= 4 is 35.1 Å². The quantitative estimate of drug-likeness (QED) is 0.391. The Balaban J connectivity index is 1.94. The zero-order chi connectivity index (χ0) is 20.7. The highest BCUT2D eigenvalue weighted by atomic mass is 35.5. The zero-order valence-electron chi connectivity index (χ0n) is 16.3. The third-order valence-electron chi connectivity index (χ3n) is 4.55. The van der Waals surface area contributed by atoms with Gasteiger partial charge in [0.05, 0.1) is 24.6 Å². The van der Waals surface area contributed by atoms with Crippen LogP contribution in [0.3, 0.4) is 0 Å². The molecule has 0 amide bonds. The molecule has 0 radical (unpaired) electrons. The number of carbonyl (C=O) groups is 1. The fourth-order valence-electron chi connectivity index (χ4n) is 3.05. The SMILES string of the molecule is CCNC(=NCC(O)COc1cccc(Cl)c1Cl)N1CC(C)C(C(=O)OC)C1. The average molecular weight is 432 g/mol. The highest BCUT2D eigenvalue weighted by molar-refractivity contribution is 6.42. The van der Waals surface area contributed by atoms with E-state index in [9.17, 15) is 9.90 Å². The van der Waals surface area contributed by atoms with Crippen molar-refractivity contribution < 1.29 is 19.4 Å². The molecule has 3 unspecified atom stereocenters. The molecule has 0 saturated carbocycles. The first kappa shape index (κ1) is 22.6. The summed E-state index contributed by atoms with van der Waals surface area (Å²) < 4.78 is 10.4. The molecule has 9 heteroatoms. The van der Waals surface area contributed by atoms with Crippen LogP contribution in [0.25, 0.3) is 0 Å². The number of nitrogens with zero attached hydrogens (tertiary/aromatic N) is 2. The Kier molecular flexibility index (Phi) is 8.66. The van der Waals surface area contributed by atoms with Gasteiger partial charge in [0.1, 0.15) is 23.5 Å². The van der Waals surface area contributed by atoms with Crippen molar-refractivity contribution in [2.75, 3.05) is 39.9 Å². The molecule has 1 aromatic rings. The molecule has 0 aromatic heterocycles. The van der Waals surface area contributed by atoms with Crippen LogP contribution in [0.5, 0.6) is 5.75 Å². The summed E-state index contributed by atoms with van der Waals surface area (Å²) in [7, 11) is 1.40. The fraction of sp³-hybridized carbons (Fsp3) is 0.579. The molecule has 0 spiro atoms. The molecule has 1 aliphatic rings. The van der Waals surface area contributed by atoms with Crippen LogP contribution in [-0.2, 0) is 9.53 Å². The van der Waals surface area contributed by atoms with Crippen molar-refractivity contribution in [3.63, 3.8) is 0 Å². The number of rotatable bonds is 7. The number of benzene rings is 1. The molecule has 1 aliphatic heterocycles. The first-order valence-corrected chi connectivity index (χ1v) is 9.98. The number of hydrogen-bond acceptors (Lipinski definition) is 5. The molecule has 0 bridgehead atoms. The number of aliphatic hydroxyl groups is 1. The minimum atomic E-state index is -0.819. The van der Waals surface area contributed by atoms with Crippen molar-refractivity contribution in [3.8, 4) is 5.75 Å². The van der Waals surface area contributed by atoms with E-state index in [1.54, 1.807) is 18.2 Å². The van der Waals surface area contributed by atoms with Crippen molar-refractivity contribution in [1.29, 1.82) is 0 Å². The predicted molar refractivity (Wildman–Crippen MR) is 110 cm³/mol. The van der Waals surface area contributed by atoms with Gasteiger partial charge in [-0.05, 0) is 25.0 Å². The van der Waals surface area contributed by atoms with Crippen molar-refractivity contribution in [1.82, 2.24) is 10.2 Å². The van der Waals surface area contributed by atoms with E-state index in [-0.39, 0.29) is 31.0 Å². The second kappa shape index (κ2) is 10.7. The van der Waals surface area contributed by atoms with Crippen LogP contribution < -0.4 is 10.1 Å². The van der Waals surface area contributed by atoms with Gasteiger partial charge >= 0.3 is 5.97 Å². The third-order valence-corrected chi connectivity index (χ3v) is 5.35. The topological polar surface area (TPSA) is 83.4 Å². The summed E-state index contributed by atoms with van der Waals surface area (Å²) in [6.45, 7) is 6.06. The van der Waals surface area contributed by atoms with E-state index in [0.717, 1.165) is 0 Å². The largest absolute Gasteiger partial charge is 0.489 e. The smallest absolute Gasteiger partial charge is 0.310 e. The molecular weight excluding hydrogens is 405 g/mol. The molecule has 28 heavy (non-hydrogen) atoms. The van der Waals surface area contributed by atoms with Gasteiger partial charge in [-0.2, -0.15) is 0 Å². The second-order valence-corrected chi connectivity index (χ2v) is 7.51. The molecule has 1 saturated heterocycles. The van der Waals surface area contributed by atoms with Crippen LogP contribution in [0.1, 0.15) is 13.8 Å². The van der Waals surface area contributed by atoms with E-state index < -0.39 is 6.10 Å². The zero-order valence-corrected chi connectivity index (χ0v) is 17.8. The van der Waals surface area contributed by atoms with Crippen molar-refractivity contribution in [2.45, 2.75) is 20.0 Å². The highest BCUT2D eigenvalue weighted by Crippen LogP contribution is 2.31. The number of nitrogens with one attached hydrogen (secondary N) is 1. The Bertz CT molecular complexity index is 702. The van der Waals surface area contributed by atoms with E-state index in [1.807, 2.05) is 18.7 Å². The minimum Gasteiger partial charge on any atom is -0.489 e. The van der Waals surface area contributed by atoms with Crippen molar-refractivity contribution in [3.05, 3.63) is 28.2 Å². The number of guanidine groups is 1. The highest BCUT2D eigenvalue weighted by Gasteiger charge is 2.36. The van der Waals surface area contributed by atoms with E-state index >= 15 is 0 Å². The normalized spacial score (nSPS) is 20.8. The lowest BCUT2D eigenvalue weighted by atomic mass is 9.99. The van der Waals surface area contributed by atoms with Gasteiger partial charge < -0.3 is 24.8 Å². The molecule has 3 atom stereocenters. The average Bonchev–Trinajstić information content (AvgIpc) is 3.07. The maximum atomic E-state index is 11.9. The Morgan fingerprint density at radius 1 is 1.43 bits per heavy atom. The van der Waals surface area contributed by atoms with Crippen LogP contribution in [0.2, 0.25) is 10.0 Å². The number of aliphatic imine (C=N–C) groups is 1. The molecule has 156 valence electrons. The standard InChI is InChI=1S/C19H27Cl2N3O4/c1-4-22-19(24-9-12(2)14(10-24)18(26)27-3)23-8-13(25)11-28-16-7-5-6-15(20)17(16)21/h5-7,12-14,25H,4,8-11H2,1-3H3,(H,22,23). The van der Waals surface area contributed by atoms with Gasteiger partial charge in [-0.15, -0.1) is 0 Å². The number of carbonyl (C=O) groups excluding carboxylic acids is 1. The number of methoxy groups -OCH3 is 1. The maximum Gasteiger partial charge on any atom is 0.310 e. The van der Waals surface area contributed by atoms with Crippen LogP contribution in [0.15, 0.2) is 23.2 Å². The van der Waals surface area contributed by atoms with Gasteiger partial charge in [0.25, 0.3) is 0 Å². The van der Waals surface area contributed by atoms with Crippen LogP contribution in [-0.4, -0.2) is 67.9 Å². The van der Waals surface area contributed by atoms with Crippen LogP contribution >= 0.6 is 23.2 Å². The number of hydrogen-bond donors (Lipinski definition) is 2. The number of aliphatic hydroxyl groups excluding tert-OH is 1. The summed E-state index contributed by atoms with van der Waals surface area (Å²) in [4.78, 5) is 18.4. The van der Waals surface area contributed by atoms with Crippen LogP contribution in [0, 0.1) is 11.8 Å². The Labute approximate surface area is 175 Å². The Morgan fingerprint density at radius 3 is 2.86 bits per heavy atom. The van der Waals surface area contributed by atoms with Gasteiger partial charge in [0, 0.05) is 19.6 Å². The Hall–Kier alpha value is -1.70. The van der Waals surface area contributed by atoms with E-state index in [0.29, 0.717) is 41.4 Å². The van der Waals surface area contributed by atoms with Gasteiger partial charge in [-0.3, -0.25) is 9.79 Å². The lowest BCUT2D eigenvalue weighted by molar-refractivity contribution is -0.145. The first-order chi connectivity index (χ1) is 13.4. The minimum absolute atomic E-state index is 0.0319. The van der Waals surface area contributed by atoms with E-state index in [1.165, 1.54) is 7.11 Å². The lowest BCUT2D eigenvalue weighted by Gasteiger charge is -2.22. The van der Waals surface area contributed by atoms with E-state index in [2.05, 4.69) is 10.3 Å². The number of likely N-dealkylation sites (tertiary alicyclic amines) is 1. The molecule has 2 rings (SSSR count). The lowest BCUT2D eigenvalue weighted by Crippen LogP contribution is -2.41. The molecule has 0 aliphatic carbocycles. The summed E-state index contributed by atoms with van der Waals surface area (Å²) in [5.41, 5.74) is 0. The van der Waals surface area contributed by atoms with Crippen LogP contribution in [0.4, 0.5) is 0 Å². The number of halogens is 2. The van der Waals surface area contributed by atoms with E-state index in [4.69, 9.17) is 32.7 Å². The van der Waals surface area contributed by atoms with Gasteiger partial charge in [-0.25, -0.2) is 0 Å². The third kappa shape index (κ3) is 5.90. The molecule has 2 N–H and O–H groups in total. The number of esters is 1. The van der Waals surface area contributed by atoms with Gasteiger partial charge in [0.2, 0.25) is 0 Å².